The maximum absolute atomic E-state index is 12.4. The van der Waals surface area contributed by atoms with E-state index in [4.69, 9.17) is 9.47 Å². The highest BCUT2D eigenvalue weighted by Gasteiger charge is 2.19. The van der Waals surface area contributed by atoms with Gasteiger partial charge in [0.2, 0.25) is 0 Å². The molecule has 1 unspecified atom stereocenters. The molecule has 0 spiro atoms. The summed E-state index contributed by atoms with van der Waals surface area (Å²) in [7, 11) is 4.36. The minimum absolute atomic E-state index is 0.151. The van der Waals surface area contributed by atoms with Gasteiger partial charge in [-0.1, -0.05) is 18.2 Å². The first kappa shape index (κ1) is 21.9. The lowest BCUT2D eigenvalue weighted by molar-refractivity contribution is -0.871. The summed E-state index contributed by atoms with van der Waals surface area (Å²) in [5.74, 6) is -0.729. The molecule has 0 bridgehead atoms. The number of esters is 2. The molecule has 2 N–H and O–H groups in total. The summed E-state index contributed by atoms with van der Waals surface area (Å²) >= 11 is 0. The van der Waals surface area contributed by atoms with E-state index in [0.717, 1.165) is 10.6 Å². The third-order valence-electron chi connectivity index (χ3n) is 4.12. The van der Waals surface area contributed by atoms with Gasteiger partial charge in [-0.15, -0.1) is 0 Å². The Labute approximate surface area is 169 Å². The highest BCUT2D eigenvalue weighted by molar-refractivity contribution is 6.03. The molecule has 0 aliphatic heterocycles. The van der Waals surface area contributed by atoms with Crippen molar-refractivity contribution in [2.24, 2.45) is 0 Å². The van der Waals surface area contributed by atoms with Gasteiger partial charge in [0.05, 0.1) is 38.1 Å². The zero-order chi connectivity index (χ0) is 21.2. The van der Waals surface area contributed by atoms with Crippen molar-refractivity contribution in [1.82, 2.24) is 0 Å². The van der Waals surface area contributed by atoms with Gasteiger partial charge in [-0.25, -0.2) is 9.59 Å². The normalized spacial score (nSPS) is 11.3. The molecule has 2 aromatic rings. The maximum Gasteiger partial charge on any atom is 0.339 e. The summed E-state index contributed by atoms with van der Waals surface area (Å²) in [6.45, 7) is 1.21. The summed E-state index contributed by atoms with van der Waals surface area (Å²) < 4.78 is 15.0. The molecule has 1 atom stereocenters. The van der Waals surface area contributed by atoms with E-state index < -0.39 is 11.9 Å². The van der Waals surface area contributed by atoms with Crippen LogP contribution in [0, 0.1) is 0 Å². The van der Waals surface area contributed by atoms with Crippen molar-refractivity contribution in [1.29, 1.82) is 0 Å². The van der Waals surface area contributed by atoms with Crippen LogP contribution < -0.4 is 15.0 Å². The number of nitrogens with one attached hydrogen (secondary N) is 2. The largest absolute Gasteiger partial charge is 0.488 e. The minimum Gasteiger partial charge on any atom is -0.488 e. The predicted octanol–water partition coefficient (Wildman–Crippen LogP) is 0.792. The Balaban J connectivity index is 1.97. The third-order valence-corrected chi connectivity index (χ3v) is 4.12. The number of benzene rings is 2. The fraction of sp³-hybridized carbons (Fsp3) is 0.286. The molecule has 0 saturated carbocycles. The van der Waals surface area contributed by atoms with E-state index in [2.05, 4.69) is 10.1 Å². The Morgan fingerprint density at radius 2 is 1.66 bits per heavy atom. The lowest BCUT2D eigenvalue weighted by atomic mass is 10.1. The van der Waals surface area contributed by atoms with Gasteiger partial charge in [-0.05, 0) is 30.3 Å². The molecule has 0 saturated heterocycles. The molecule has 0 radical (unpaired) electrons. The minimum atomic E-state index is -0.617. The Morgan fingerprint density at radius 3 is 2.31 bits per heavy atom. The highest BCUT2D eigenvalue weighted by atomic mass is 16.5. The summed E-state index contributed by atoms with van der Waals surface area (Å²) in [5, 5.41) is 2.67. The monoisotopic (exact) mass is 401 g/mol. The number of carbonyl (C=O) groups is 3. The van der Waals surface area contributed by atoms with Crippen LogP contribution in [0.25, 0.3) is 0 Å². The lowest BCUT2D eigenvalue weighted by Crippen LogP contribution is -3.10. The first-order chi connectivity index (χ1) is 13.9. The summed E-state index contributed by atoms with van der Waals surface area (Å²) in [6.07, 6.45) is 0. The van der Waals surface area contributed by atoms with Crippen LogP contribution in [-0.4, -0.2) is 58.8 Å². The van der Waals surface area contributed by atoms with Crippen LogP contribution in [0.4, 0.5) is 5.69 Å². The molecule has 2 aromatic carbocycles. The first-order valence-corrected chi connectivity index (χ1v) is 9.04. The average Bonchev–Trinajstić information content (AvgIpc) is 2.73. The molecule has 0 fully saturated rings. The Bertz CT molecular complexity index is 854. The van der Waals surface area contributed by atoms with Gasteiger partial charge in [0.1, 0.15) is 18.9 Å². The molecule has 1 amide bonds. The predicted molar refractivity (Wildman–Crippen MR) is 106 cm³/mol. The molecular formula is C21H25N2O6+. The number of quaternary nitrogens is 1. The van der Waals surface area contributed by atoms with E-state index in [9.17, 15) is 14.4 Å². The van der Waals surface area contributed by atoms with Crippen molar-refractivity contribution >= 4 is 23.5 Å². The van der Waals surface area contributed by atoms with E-state index in [1.807, 2.05) is 37.4 Å². The Morgan fingerprint density at radius 1 is 0.966 bits per heavy atom. The zero-order valence-electron chi connectivity index (χ0n) is 16.7. The van der Waals surface area contributed by atoms with Crippen LogP contribution in [0.15, 0.2) is 48.5 Å². The van der Waals surface area contributed by atoms with Gasteiger partial charge in [-0.2, -0.15) is 0 Å². The fourth-order valence-electron chi connectivity index (χ4n) is 2.60. The SMILES string of the molecule is COC(=O)c1ccc(C(=O)OC)c(NC(=O)C[NH+](C)CCOc2ccccc2)c1. The van der Waals surface area contributed by atoms with E-state index >= 15 is 0 Å². The zero-order valence-corrected chi connectivity index (χ0v) is 16.7. The summed E-state index contributed by atoms with van der Waals surface area (Å²) in [6, 6.07) is 13.7. The Kier molecular flexibility index (Phi) is 8.17. The van der Waals surface area contributed by atoms with Crippen LogP contribution in [0.1, 0.15) is 20.7 Å². The van der Waals surface area contributed by atoms with Crippen molar-refractivity contribution in [3.63, 3.8) is 0 Å². The summed E-state index contributed by atoms with van der Waals surface area (Å²) in [5.41, 5.74) is 0.559. The number of para-hydroxylation sites is 1. The molecule has 0 aliphatic carbocycles. The third kappa shape index (κ3) is 6.62. The number of anilines is 1. The van der Waals surface area contributed by atoms with Crippen molar-refractivity contribution in [2.75, 3.05) is 46.3 Å². The molecule has 154 valence electrons. The number of carbonyl (C=O) groups excluding carboxylic acids is 3. The van der Waals surface area contributed by atoms with Gasteiger partial charge in [0.15, 0.2) is 6.54 Å². The Hall–Kier alpha value is -3.39. The topological polar surface area (TPSA) is 95.4 Å². The van der Waals surface area contributed by atoms with E-state index in [-0.39, 0.29) is 29.3 Å². The maximum atomic E-state index is 12.4. The number of hydrogen-bond donors (Lipinski definition) is 2. The van der Waals surface area contributed by atoms with Gasteiger partial charge in [0, 0.05) is 0 Å². The smallest absolute Gasteiger partial charge is 0.339 e. The number of rotatable bonds is 9. The van der Waals surface area contributed by atoms with Crippen molar-refractivity contribution in [2.45, 2.75) is 0 Å². The van der Waals surface area contributed by atoms with E-state index in [1.54, 1.807) is 0 Å². The average molecular weight is 401 g/mol. The molecule has 29 heavy (non-hydrogen) atoms. The standard InChI is InChI=1S/C21H24N2O6/c1-23(11-12-29-16-7-5-4-6-8-16)14-19(24)22-18-13-15(20(25)27-2)9-10-17(18)21(26)28-3/h4-10,13H,11-12,14H2,1-3H3,(H,22,24)/p+1. The summed E-state index contributed by atoms with van der Waals surface area (Å²) in [4.78, 5) is 37.0. The molecule has 8 heteroatoms. The number of likely N-dealkylation sites (N-methyl/N-ethyl adjacent to an activating group) is 1. The van der Waals surface area contributed by atoms with Crippen LogP contribution >= 0.6 is 0 Å². The van der Waals surface area contributed by atoms with Crippen LogP contribution in [0.5, 0.6) is 5.75 Å². The molecule has 2 rings (SSSR count). The van der Waals surface area contributed by atoms with Crippen LogP contribution in [0.3, 0.4) is 0 Å². The first-order valence-electron chi connectivity index (χ1n) is 9.04. The van der Waals surface area contributed by atoms with Gasteiger partial charge < -0.3 is 24.4 Å². The molecule has 0 aliphatic rings. The lowest BCUT2D eigenvalue weighted by Gasteiger charge is -2.15. The van der Waals surface area contributed by atoms with E-state index in [1.165, 1.54) is 32.4 Å². The molecule has 0 heterocycles. The molecule has 0 aromatic heterocycles. The van der Waals surface area contributed by atoms with E-state index in [0.29, 0.717) is 13.2 Å². The quantitative estimate of drug-likeness (QED) is 0.604. The van der Waals surface area contributed by atoms with Crippen LogP contribution in [0.2, 0.25) is 0 Å². The number of hydrogen-bond acceptors (Lipinski definition) is 6. The fourth-order valence-corrected chi connectivity index (χ4v) is 2.60. The highest BCUT2D eigenvalue weighted by Crippen LogP contribution is 2.19. The van der Waals surface area contributed by atoms with Crippen molar-refractivity contribution in [3.8, 4) is 5.75 Å². The number of ether oxygens (including phenoxy) is 3. The molecular weight excluding hydrogens is 376 g/mol. The second-order valence-electron chi connectivity index (χ2n) is 6.34. The second-order valence-corrected chi connectivity index (χ2v) is 6.34. The number of amides is 1. The van der Waals surface area contributed by atoms with Crippen molar-refractivity contribution in [3.05, 3.63) is 59.7 Å². The molecule has 8 nitrogen and oxygen atoms in total. The number of methoxy groups -OCH3 is 2. The van der Waals surface area contributed by atoms with Gasteiger partial charge in [-0.3, -0.25) is 4.79 Å². The van der Waals surface area contributed by atoms with Gasteiger partial charge >= 0.3 is 11.9 Å². The van der Waals surface area contributed by atoms with Gasteiger partial charge in [0.25, 0.3) is 5.91 Å². The van der Waals surface area contributed by atoms with Crippen LogP contribution in [-0.2, 0) is 14.3 Å². The van der Waals surface area contributed by atoms with Crippen molar-refractivity contribution < 1.29 is 33.5 Å². The second kappa shape index (κ2) is 10.8.